The molecule has 26 heavy (non-hydrogen) atoms. The SMILES string of the molecule is C[C@@H](C(=O)Nc1cccc(S(=O)(=O)N(C)C)c1)N(C)CC(=O)NC1CC1. The zero-order valence-corrected chi connectivity index (χ0v) is 16.3. The van der Waals surface area contributed by atoms with Crippen molar-refractivity contribution in [2.75, 3.05) is 33.0 Å². The topological polar surface area (TPSA) is 98.8 Å². The molecule has 1 fully saturated rings. The number of hydrogen-bond acceptors (Lipinski definition) is 5. The van der Waals surface area contributed by atoms with Crippen LogP contribution in [0.2, 0.25) is 0 Å². The van der Waals surface area contributed by atoms with Crippen LogP contribution in [0.25, 0.3) is 0 Å². The Morgan fingerprint density at radius 1 is 1.23 bits per heavy atom. The first-order valence-corrected chi connectivity index (χ1v) is 9.88. The highest BCUT2D eigenvalue weighted by molar-refractivity contribution is 7.89. The lowest BCUT2D eigenvalue weighted by molar-refractivity contribution is -0.124. The number of hydrogen-bond donors (Lipinski definition) is 2. The molecule has 0 radical (unpaired) electrons. The van der Waals surface area contributed by atoms with Gasteiger partial charge in [0.05, 0.1) is 17.5 Å². The molecule has 2 N–H and O–H groups in total. The number of amides is 2. The van der Waals surface area contributed by atoms with E-state index in [1.54, 1.807) is 31.0 Å². The lowest BCUT2D eigenvalue weighted by Crippen LogP contribution is -2.45. The summed E-state index contributed by atoms with van der Waals surface area (Å²) in [7, 11) is 1.02. The van der Waals surface area contributed by atoms with Crippen molar-refractivity contribution in [3.8, 4) is 0 Å². The van der Waals surface area contributed by atoms with E-state index < -0.39 is 16.1 Å². The van der Waals surface area contributed by atoms with E-state index in [1.165, 1.54) is 26.2 Å². The predicted molar refractivity (Wildman–Crippen MR) is 99.2 cm³/mol. The zero-order valence-electron chi connectivity index (χ0n) is 15.5. The van der Waals surface area contributed by atoms with Gasteiger partial charge in [-0.1, -0.05) is 6.07 Å². The Morgan fingerprint density at radius 3 is 2.46 bits per heavy atom. The van der Waals surface area contributed by atoms with E-state index in [2.05, 4.69) is 10.6 Å². The molecule has 1 aromatic rings. The summed E-state index contributed by atoms with van der Waals surface area (Å²) in [6.45, 7) is 1.82. The van der Waals surface area contributed by atoms with Gasteiger partial charge >= 0.3 is 0 Å². The second kappa shape index (κ2) is 8.15. The quantitative estimate of drug-likeness (QED) is 0.681. The summed E-state index contributed by atoms with van der Waals surface area (Å²) in [5.74, 6) is -0.417. The largest absolute Gasteiger partial charge is 0.352 e. The van der Waals surface area contributed by atoms with Gasteiger partial charge in [-0.3, -0.25) is 14.5 Å². The molecule has 144 valence electrons. The van der Waals surface area contributed by atoms with E-state index in [9.17, 15) is 18.0 Å². The van der Waals surface area contributed by atoms with Crippen LogP contribution in [0.15, 0.2) is 29.2 Å². The summed E-state index contributed by atoms with van der Waals surface area (Å²) in [6.07, 6.45) is 2.02. The number of carbonyl (C=O) groups is 2. The molecule has 1 aromatic carbocycles. The van der Waals surface area contributed by atoms with Crippen LogP contribution in [-0.4, -0.2) is 69.2 Å². The predicted octanol–water partition coefficient (Wildman–Crippen LogP) is 0.474. The molecule has 9 heteroatoms. The van der Waals surface area contributed by atoms with Crippen molar-refractivity contribution in [2.45, 2.75) is 36.7 Å². The summed E-state index contributed by atoms with van der Waals surface area (Å²) in [6, 6.07) is 5.82. The van der Waals surface area contributed by atoms with E-state index >= 15 is 0 Å². The highest BCUT2D eigenvalue weighted by Crippen LogP contribution is 2.19. The summed E-state index contributed by atoms with van der Waals surface area (Å²) in [5, 5.41) is 5.58. The van der Waals surface area contributed by atoms with Crippen LogP contribution < -0.4 is 10.6 Å². The van der Waals surface area contributed by atoms with Gasteiger partial charge in [0.1, 0.15) is 0 Å². The number of likely N-dealkylation sites (N-methyl/N-ethyl adjacent to an activating group) is 1. The van der Waals surface area contributed by atoms with E-state index in [4.69, 9.17) is 0 Å². The molecular weight excluding hydrogens is 356 g/mol. The molecule has 1 atom stereocenters. The van der Waals surface area contributed by atoms with E-state index in [1.807, 2.05) is 0 Å². The Bertz CT molecular complexity index is 775. The fraction of sp³-hybridized carbons (Fsp3) is 0.529. The van der Waals surface area contributed by atoms with Crippen molar-refractivity contribution < 1.29 is 18.0 Å². The summed E-state index contributed by atoms with van der Waals surface area (Å²) in [4.78, 5) is 26.0. The Morgan fingerprint density at radius 2 is 1.88 bits per heavy atom. The second-order valence-corrected chi connectivity index (χ2v) is 8.89. The minimum Gasteiger partial charge on any atom is -0.352 e. The highest BCUT2D eigenvalue weighted by atomic mass is 32.2. The minimum absolute atomic E-state index is 0.102. The van der Waals surface area contributed by atoms with Gasteiger partial charge in [-0.2, -0.15) is 0 Å². The van der Waals surface area contributed by atoms with Gasteiger partial charge in [0.25, 0.3) is 0 Å². The molecule has 8 nitrogen and oxygen atoms in total. The van der Waals surface area contributed by atoms with Gasteiger partial charge < -0.3 is 10.6 Å². The normalized spacial score (nSPS) is 15.8. The molecule has 1 aliphatic rings. The number of rotatable bonds is 8. The lowest BCUT2D eigenvalue weighted by atomic mass is 10.2. The number of sulfonamides is 1. The van der Waals surface area contributed by atoms with Crippen LogP contribution in [0.1, 0.15) is 19.8 Å². The van der Waals surface area contributed by atoms with Gasteiger partial charge in [0, 0.05) is 25.8 Å². The molecular formula is C17H26N4O4S. The average molecular weight is 382 g/mol. The zero-order chi connectivity index (χ0) is 19.5. The second-order valence-electron chi connectivity index (χ2n) is 6.74. The van der Waals surface area contributed by atoms with Crippen molar-refractivity contribution in [1.82, 2.24) is 14.5 Å². The fourth-order valence-corrected chi connectivity index (χ4v) is 3.20. The first-order chi connectivity index (χ1) is 12.1. The maximum atomic E-state index is 12.4. The molecule has 0 saturated heterocycles. The Labute approximate surface area is 154 Å². The van der Waals surface area contributed by atoms with Crippen LogP contribution in [0.5, 0.6) is 0 Å². The molecule has 2 amide bonds. The number of benzene rings is 1. The first kappa shape index (κ1) is 20.3. The van der Waals surface area contributed by atoms with Crippen molar-refractivity contribution in [1.29, 1.82) is 0 Å². The van der Waals surface area contributed by atoms with E-state index in [0.717, 1.165) is 17.1 Å². The third-order valence-corrected chi connectivity index (χ3v) is 6.07. The Kier molecular flexibility index (Phi) is 6.38. The van der Waals surface area contributed by atoms with E-state index in [0.29, 0.717) is 5.69 Å². The summed E-state index contributed by atoms with van der Waals surface area (Å²) in [5.41, 5.74) is 0.389. The molecule has 0 aromatic heterocycles. The van der Waals surface area contributed by atoms with Crippen molar-refractivity contribution >= 4 is 27.5 Å². The van der Waals surface area contributed by atoms with Crippen LogP contribution >= 0.6 is 0 Å². The molecule has 1 saturated carbocycles. The van der Waals surface area contributed by atoms with Gasteiger partial charge in [-0.05, 0) is 45.0 Å². The van der Waals surface area contributed by atoms with Gasteiger partial charge in [-0.15, -0.1) is 0 Å². The summed E-state index contributed by atoms with van der Waals surface area (Å²) >= 11 is 0. The Hall–Kier alpha value is -1.97. The lowest BCUT2D eigenvalue weighted by Gasteiger charge is -2.23. The Balaban J connectivity index is 1.98. The van der Waals surface area contributed by atoms with Crippen LogP contribution in [0, 0.1) is 0 Å². The third kappa shape index (κ3) is 5.26. The average Bonchev–Trinajstić information content (AvgIpc) is 3.37. The van der Waals surface area contributed by atoms with E-state index in [-0.39, 0.29) is 29.3 Å². The minimum atomic E-state index is -3.57. The van der Waals surface area contributed by atoms with Crippen LogP contribution in [-0.2, 0) is 19.6 Å². The number of nitrogens with zero attached hydrogens (tertiary/aromatic N) is 2. The standard InChI is InChI=1S/C17H26N4O4S/c1-12(21(4)11-16(22)18-13-8-9-13)17(23)19-14-6-5-7-15(10-14)26(24,25)20(2)3/h5-7,10,12-13H,8-9,11H2,1-4H3,(H,18,22)(H,19,23)/t12-/m0/s1. The van der Waals surface area contributed by atoms with Crippen LogP contribution in [0.4, 0.5) is 5.69 Å². The molecule has 0 spiro atoms. The van der Waals surface area contributed by atoms with Crippen LogP contribution in [0.3, 0.4) is 0 Å². The monoisotopic (exact) mass is 382 g/mol. The molecule has 1 aliphatic carbocycles. The van der Waals surface area contributed by atoms with Crippen molar-refractivity contribution in [2.24, 2.45) is 0 Å². The van der Waals surface area contributed by atoms with Gasteiger partial charge in [0.2, 0.25) is 21.8 Å². The number of anilines is 1. The molecule has 0 unspecified atom stereocenters. The van der Waals surface area contributed by atoms with Crippen molar-refractivity contribution in [3.05, 3.63) is 24.3 Å². The van der Waals surface area contributed by atoms with Gasteiger partial charge in [0.15, 0.2) is 0 Å². The smallest absolute Gasteiger partial charge is 0.242 e. The number of carbonyl (C=O) groups excluding carboxylic acids is 2. The maximum Gasteiger partial charge on any atom is 0.242 e. The van der Waals surface area contributed by atoms with Crippen molar-refractivity contribution in [3.63, 3.8) is 0 Å². The van der Waals surface area contributed by atoms with Gasteiger partial charge in [-0.25, -0.2) is 12.7 Å². The highest BCUT2D eigenvalue weighted by Gasteiger charge is 2.26. The molecule has 0 heterocycles. The molecule has 2 rings (SSSR count). The molecule has 0 bridgehead atoms. The fourth-order valence-electron chi connectivity index (χ4n) is 2.26. The first-order valence-electron chi connectivity index (χ1n) is 8.44. The third-order valence-electron chi connectivity index (χ3n) is 4.26. The maximum absolute atomic E-state index is 12.4. The summed E-state index contributed by atoms with van der Waals surface area (Å²) < 4.78 is 25.5. The number of nitrogens with one attached hydrogen (secondary N) is 2. The molecule has 0 aliphatic heterocycles.